The van der Waals surface area contributed by atoms with Crippen molar-refractivity contribution < 1.29 is 21.6 Å². The quantitative estimate of drug-likeness (QED) is 0.758. The van der Waals surface area contributed by atoms with Gasteiger partial charge in [-0.2, -0.15) is 18.3 Å². The molecule has 0 aromatic carbocycles. The second-order valence-corrected chi connectivity index (χ2v) is 4.97. The van der Waals surface area contributed by atoms with Crippen molar-refractivity contribution in [1.29, 1.82) is 0 Å². The second kappa shape index (κ2) is 3.89. The van der Waals surface area contributed by atoms with E-state index in [4.69, 9.17) is 0 Å². The maximum atomic E-state index is 12.0. The zero-order valence-corrected chi connectivity index (χ0v) is 8.84. The van der Waals surface area contributed by atoms with Gasteiger partial charge in [0.25, 0.3) is 15.4 Å². The summed E-state index contributed by atoms with van der Waals surface area (Å²) in [5, 5.41) is 3.46. The number of halogens is 3. The molecule has 0 saturated heterocycles. The number of alkyl halides is 3. The highest BCUT2D eigenvalue weighted by molar-refractivity contribution is 7.91. The van der Waals surface area contributed by atoms with Crippen molar-refractivity contribution in [3.05, 3.63) is 28.2 Å². The highest BCUT2D eigenvalue weighted by Crippen LogP contribution is 2.25. The lowest BCUT2D eigenvalue weighted by molar-refractivity contribution is -0.0437. The molecule has 0 radical (unpaired) electrons. The molecule has 0 bridgehead atoms. The lowest BCUT2D eigenvalue weighted by Crippen LogP contribution is -2.30. The molecule has 1 aromatic rings. The smallest absolute Gasteiger partial charge is 0.267 e. The summed E-state index contributed by atoms with van der Waals surface area (Å²) in [7, 11) is -4.12. The van der Waals surface area contributed by atoms with Crippen LogP contribution in [0.4, 0.5) is 13.2 Å². The minimum atomic E-state index is -5.36. The number of aromatic nitrogens is 2. The topological polar surface area (TPSA) is 69.0 Å². The molecule has 0 N–H and O–H groups in total. The predicted octanol–water partition coefficient (Wildman–Crippen LogP) is 0.215. The van der Waals surface area contributed by atoms with Crippen LogP contribution in [0.2, 0.25) is 0 Å². The van der Waals surface area contributed by atoms with Gasteiger partial charge in [0.15, 0.2) is 0 Å². The Morgan fingerprint density at radius 1 is 1.44 bits per heavy atom. The van der Waals surface area contributed by atoms with E-state index in [1.807, 2.05) is 0 Å². The largest absolute Gasteiger partial charge is 0.497 e. The Balaban J connectivity index is 3.18. The van der Waals surface area contributed by atoms with Gasteiger partial charge in [-0.3, -0.25) is 4.79 Å². The molecule has 9 heteroatoms. The molecule has 1 heterocycles. The zero-order chi connectivity index (χ0) is 12.6. The monoisotopic (exact) mass is 256 g/mol. The van der Waals surface area contributed by atoms with Gasteiger partial charge in [0, 0.05) is 18.8 Å². The van der Waals surface area contributed by atoms with E-state index in [0.717, 1.165) is 16.9 Å². The maximum absolute atomic E-state index is 12.0. The predicted molar refractivity (Wildman–Crippen MR) is 48.2 cm³/mol. The molecule has 90 valence electrons. The summed E-state index contributed by atoms with van der Waals surface area (Å²) in [5.74, 6) is -1.37. The molecule has 0 aliphatic rings. The number of aryl methyl sites for hydroxylation is 1. The van der Waals surface area contributed by atoms with E-state index in [1.165, 1.54) is 7.05 Å². The highest BCUT2D eigenvalue weighted by atomic mass is 32.2. The second-order valence-electron chi connectivity index (χ2n) is 2.99. The van der Waals surface area contributed by atoms with Gasteiger partial charge in [-0.05, 0) is 6.07 Å². The van der Waals surface area contributed by atoms with Crippen LogP contribution in [0.5, 0.6) is 0 Å². The van der Waals surface area contributed by atoms with Crippen molar-refractivity contribution in [3.8, 4) is 0 Å². The number of nitrogens with zero attached hydrogens (tertiary/aromatic N) is 2. The molecule has 0 atom stereocenters. The van der Waals surface area contributed by atoms with Crippen molar-refractivity contribution in [2.75, 3.05) is 0 Å². The SMILES string of the molecule is Cn1nccc(CS(=O)(=O)C(F)(F)F)c1=O. The molecule has 1 rings (SSSR count). The zero-order valence-electron chi connectivity index (χ0n) is 8.02. The van der Waals surface area contributed by atoms with Crippen molar-refractivity contribution in [3.63, 3.8) is 0 Å². The molecule has 5 nitrogen and oxygen atoms in total. The Morgan fingerprint density at radius 2 is 2.00 bits per heavy atom. The summed E-state index contributed by atoms with van der Waals surface area (Å²) in [6, 6.07) is 0.950. The fraction of sp³-hybridized carbons (Fsp3) is 0.429. The molecule has 0 aliphatic heterocycles. The maximum Gasteiger partial charge on any atom is 0.497 e. The van der Waals surface area contributed by atoms with Crippen LogP contribution in [0.25, 0.3) is 0 Å². The third-order valence-corrected chi connectivity index (χ3v) is 3.18. The van der Waals surface area contributed by atoms with Crippen molar-refractivity contribution in [1.82, 2.24) is 9.78 Å². The molecule has 1 aromatic heterocycles. The van der Waals surface area contributed by atoms with Crippen LogP contribution in [0.15, 0.2) is 17.1 Å². The van der Waals surface area contributed by atoms with Gasteiger partial charge in [-0.15, -0.1) is 0 Å². The lowest BCUT2D eigenvalue weighted by atomic mass is 10.3. The van der Waals surface area contributed by atoms with Gasteiger partial charge in [-0.25, -0.2) is 13.1 Å². The van der Waals surface area contributed by atoms with E-state index in [2.05, 4.69) is 5.10 Å². The van der Waals surface area contributed by atoms with Crippen molar-refractivity contribution >= 4 is 9.84 Å². The Morgan fingerprint density at radius 3 is 2.50 bits per heavy atom. The van der Waals surface area contributed by atoms with E-state index in [1.54, 1.807) is 0 Å². The van der Waals surface area contributed by atoms with Gasteiger partial charge in [-0.1, -0.05) is 0 Å². The van der Waals surface area contributed by atoms with Crippen LogP contribution < -0.4 is 5.56 Å². The van der Waals surface area contributed by atoms with Gasteiger partial charge in [0.05, 0.1) is 5.75 Å². The lowest BCUT2D eigenvalue weighted by Gasteiger charge is -2.07. The van der Waals surface area contributed by atoms with Crippen LogP contribution >= 0.6 is 0 Å². The van der Waals surface area contributed by atoms with Crippen molar-refractivity contribution in [2.45, 2.75) is 11.3 Å². The Bertz CT molecular complexity index is 547. The average Bonchev–Trinajstić information content (AvgIpc) is 2.11. The van der Waals surface area contributed by atoms with Gasteiger partial charge < -0.3 is 0 Å². The average molecular weight is 256 g/mol. The molecular weight excluding hydrogens is 249 g/mol. The van der Waals surface area contributed by atoms with Crippen LogP contribution in [0.1, 0.15) is 5.56 Å². The van der Waals surface area contributed by atoms with E-state index < -0.39 is 32.2 Å². The molecule has 16 heavy (non-hydrogen) atoms. The molecule has 0 amide bonds. The minimum Gasteiger partial charge on any atom is -0.267 e. The molecule has 0 spiro atoms. The van der Waals surface area contributed by atoms with E-state index >= 15 is 0 Å². The highest BCUT2D eigenvalue weighted by Gasteiger charge is 2.45. The summed E-state index contributed by atoms with van der Waals surface area (Å²) >= 11 is 0. The summed E-state index contributed by atoms with van der Waals surface area (Å²) < 4.78 is 58.5. The fourth-order valence-corrected chi connectivity index (χ4v) is 1.74. The first kappa shape index (κ1) is 12.7. The standard InChI is InChI=1S/C7H7F3N2O3S/c1-12-6(13)5(2-3-11-12)4-16(14,15)7(8,9)10/h2-3H,4H2,1H3. The first-order chi connectivity index (χ1) is 7.15. The van der Waals surface area contributed by atoms with E-state index in [0.29, 0.717) is 0 Å². The molecule has 0 unspecified atom stereocenters. The van der Waals surface area contributed by atoms with Crippen LogP contribution in [0.3, 0.4) is 0 Å². The molecule has 0 aliphatic carbocycles. The number of rotatable bonds is 2. The van der Waals surface area contributed by atoms with Gasteiger partial charge in [0.2, 0.25) is 0 Å². The van der Waals surface area contributed by atoms with Crippen molar-refractivity contribution in [2.24, 2.45) is 7.05 Å². The molecule has 0 fully saturated rings. The number of sulfone groups is 1. The first-order valence-electron chi connectivity index (χ1n) is 3.95. The Labute approximate surface area is 88.4 Å². The number of hydrogen-bond donors (Lipinski definition) is 0. The third kappa shape index (κ3) is 2.40. The van der Waals surface area contributed by atoms with Gasteiger partial charge in [0.1, 0.15) is 0 Å². The van der Waals surface area contributed by atoms with Crippen LogP contribution in [0, 0.1) is 0 Å². The summed E-state index contributed by atoms with van der Waals surface area (Å²) in [4.78, 5) is 11.2. The minimum absolute atomic E-state index is 0.463. The van der Waals surface area contributed by atoms with E-state index in [9.17, 15) is 26.4 Å². The van der Waals surface area contributed by atoms with E-state index in [-0.39, 0.29) is 0 Å². The number of hydrogen-bond acceptors (Lipinski definition) is 4. The summed E-state index contributed by atoms with van der Waals surface area (Å²) in [6.07, 6.45) is 1.06. The summed E-state index contributed by atoms with van der Waals surface area (Å²) in [5.41, 5.74) is -6.69. The Hall–Kier alpha value is -1.38. The molecular formula is C7H7F3N2O3S. The Kier molecular flexibility index (Phi) is 3.08. The summed E-state index contributed by atoms with van der Waals surface area (Å²) in [6.45, 7) is 0. The normalized spacial score (nSPS) is 12.8. The first-order valence-corrected chi connectivity index (χ1v) is 5.60. The third-order valence-electron chi connectivity index (χ3n) is 1.78. The van der Waals surface area contributed by atoms with Crippen LogP contribution in [-0.4, -0.2) is 23.7 Å². The fourth-order valence-electron chi connectivity index (χ4n) is 0.951. The van der Waals surface area contributed by atoms with Gasteiger partial charge >= 0.3 is 5.51 Å². The van der Waals surface area contributed by atoms with Crippen LogP contribution in [-0.2, 0) is 22.6 Å². The molecule has 0 saturated carbocycles.